The lowest BCUT2D eigenvalue weighted by atomic mass is 9.94. The van der Waals surface area contributed by atoms with Gasteiger partial charge in [-0.2, -0.15) is 0 Å². The summed E-state index contributed by atoms with van der Waals surface area (Å²) in [5.74, 6) is -1.78. The van der Waals surface area contributed by atoms with Gasteiger partial charge >= 0.3 is 5.97 Å². The number of halogens is 2. The van der Waals surface area contributed by atoms with E-state index >= 15 is 0 Å². The predicted molar refractivity (Wildman–Crippen MR) is 81.9 cm³/mol. The summed E-state index contributed by atoms with van der Waals surface area (Å²) in [6, 6.07) is 4.46. The number of hydrogen-bond acceptors (Lipinski definition) is 2. The van der Waals surface area contributed by atoms with Crippen molar-refractivity contribution in [3.63, 3.8) is 0 Å². The molecule has 114 valence electrons. The zero-order chi connectivity index (χ0) is 15.4. The first kappa shape index (κ1) is 16.1. The fourth-order valence-corrected chi connectivity index (χ4v) is 3.09. The quantitative estimate of drug-likeness (QED) is 0.830. The fourth-order valence-electron chi connectivity index (χ4n) is 2.70. The van der Waals surface area contributed by atoms with Gasteiger partial charge in [0.05, 0.1) is 21.5 Å². The molecule has 6 heteroatoms. The van der Waals surface area contributed by atoms with E-state index in [1.165, 1.54) is 0 Å². The van der Waals surface area contributed by atoms with Crippen molar-refractivity contribution in [3.05, 3.63) is 33.8 Å². The lowest BCUT2D eigenvalue weighted by Crippen LogP contribution is -2.42. The monoisotopic (exact) mass is 329 g/mol. The second kappa shape index (κ2) is 7.14. The van der Waals surface area contributed by atoms with E-state index in [4.69, 9.17) is 23.2 Å². The van der Waals surface area contributed by atoms with Crippen LogP contribution in [0.25, 0.3) is 0 Å². The largest absolute Gasteiger partial charge is 0.481 e. The highest BCUT2D eigenvalue weighted by Gasteiger charge is 2.31. The number of hydrogen-bond donors (Lipinski definition) is 2. The minimum absolute atomic E-state index is 0.192. The Morgan fingerprint density at radius 3 is 2.57 bits per heavy atom. The van der Waals surface area contributed by atoms with Crippen LogP contribution in [0.2, 0.25) is 10.0 Å². The van der Waals surface area contributed by atoms with Crippen molar-refractivity contribution in [3.8, 4) is 0 Å². The third-order valence-electron chi connectivity index (χ3n) is 3.85. The standard InChI is InChI=1S/C15H17Cl2NO3/c16-11-7-4-6-10(13(11)17)14(19)18-12-8-3-1-2-5-9(12)15(20)21/h4,6-7,9,12H,1-3,5,8H2,(H,18,19)(H,20,21)/t9-,12+/m1/s1. The summed E-state index contributed by atoms with van der Waals surface area (Å²) in [5, 5.41) is 12.6. The van der Waals surface area contributed by atoms with Gasteiger partial charge in [-0.15, -0.1) is 0 Å². The van der Waals surface area contributed by atoms with Crippen molar-refractivity contribution < 1.29 is 14.7 Å². The molecule has 0 spiro atoms. The molecular weight excluding hydrogens is 313 g/mol. The molecule has 0 heterocycles. The van der Waals surface area contributed by atoms with Gasteiger partial charge in [-0.1, -0.05) is 48.5 Å². The molecule has 21 heavy (non-hydrogen) atoms. The number of amides is 1. The molecule has 0 aliphatic heterocycles. The zero-order valence-electron chi connectivity index (χ0n) is 11.4. The average Bonchev–Trinajstić information content (AvgIpc) is 2.67. The van der Waals surface area contributed by atoms with E-state index < -0.39 is 11.9 Å². The van der Waals surface area contributed by atoms with Crippen LogP contribution in [0.4, 0.5) is 0 Å². The highest BCUT2D eigenvalue weighted by atomic mass is 35.5. The second-order valence-electron chi connectivity index (χ2n) is 5.26. The molecule has 2 rings (SSSR count). The SMILES string of the molecule is O=C(N[C@H]1CCCCC[C@H]1C(=O)O)c1cccc(Cl)c1Cl. The van der Waals surface area contributed by atoms with Crippen molar-refractivity contribution in [2.24, 2.45) is 5.92 Å². The van der Waals surface area contributed by atoms with Crippen molar-refractivity contribution in [2.45, 2.75) is 38.1 Å². The molecule has 2 atom stereocenters. The van der Waals surface area contributed by atoms with E-state index in [2.05, 4.69) is 5.32 Å². The smallest absolute Gasteiger partial charge is 0.308 e. The molecule has 1 aliphatic carbocycles. The third kappa shape index (κ3) is 3.89. The van der Waals surface area contributed by atoms with Crippen LogP contribution in [0.3, 0.4) is 0 Å². The zero-order valence-corrected chi connectivity index (χ0v) is 13.0. The fraction of sp³-hybridized carbons (Fsp3) is 0.467. The Morgan fingerprint density at radius 2 is 1.86 bits per heavy atom. The summed E-state index contributed by atoms with van der Waals surface area (Å²) in [7, 11) is 0. The molecular formula is C15H17Cl2NO3. The van der Waals surface area contributed by atoms with Gasteiger partial charge < -0.3 is 10.4 Å². The molecule has 1 amide bonds. The Balaban J connectivity index is 2.16. The normalized spacial score (nSPS) is 22.4. The molecule has 0 aromatic heterocycles. The van der Waals surface area contributed by atoms with E-state index in [1.54, 1.807) is 18.2 Å². The lowest BCUT2D eigenvalue weighted by molar-refractivity contribution is -0.142. The van der Waals surface area contributed by atoms with Crippen molar-refractivity contribution >= 4 is 35.1 Å². The van der Waals surface area contributed by atoms with Crippen molar-refractivity contribution in [1.29, 1.82) is 0 Å². The van der Waals surface area contributed by atoms with Gasteiger partial charge in [0.15, 0.2) is 0 Å². The Labute approximate surface area is 133 Å². The molecule has 0 bridgehead atoms. The molecule has 1 saturated carbocycles. The Hall–Kier alpha value is -1.26. The Kier molecular flexibility index (Phi) is 5.48. The first-order chi connectivity index (χ1) is 10.0. The van der Waals surface area contributed by atoms with Gasteiger partial charge in [-0.25, -0.2) is 0 Å². The summed E-state index contributed by atoms with van der Waals surface area (Å²) >= 11 is 11.9. The lowest BCUT2D eigenvalue weighted by Gasteiger charge is -2.23. The maximum Gasteiger partial charge on any atom is 0.308 e. The summed E-state index contributed by atoms with van der Waals surface area (Å²) in [6.07, 6.45) is 4.04. The Morgan fingerprint density at radius 1 is 1.14 bits per heavy atom. The van der Waals surface area contributed by atoms with E-state index in [-0.39, 0.29) is 22.5 Å². The maximum atomic E-state index is 12.3. The molecule has 1 aliphatic rings. The number of carbonyl (C=O) groups is 2. The van der Waals surface area contributed by atoms with Crippen molar-refractivity contribution in [2.75, 3.05) is 0 Å². The summed E-state index contributed by atoms with van der Waals surface area (Å²) in [4.78, 5) is 23.7. The molecule has 0 radical (unpaired) electrons. The molecule has 1 aromatic rings. The highest BCUT2D eigenvalue weighted by Crippen LogP contribution is 2.27. The van der Waals surface area contributed by atoms with E-state index in [1.807, 2.05) is 0 Å². The molecule has 1 fully saturated rings. The Bertz CT molecular complexity index is 548. The first-order valence-electron chi connectivity index (χ1n) is 6.98. The summed E-state index contributed by atoms with van der Waals surface area (Å²) < 4.78 is 0. The third-order valence-corrected chi connectivity index (χ3v) is 4.66. The minimum atomic E-state index is -0.862. The highest BCUT2D eigenvalue weighted by molar-refractivity contribution is 6.43. The predicted octanol–water partition coefficient (Wildman–Crippen LogP) is 3.76. The minimum Gasteiger partial charge on any atom is -0.481 e. The number of benzene rings is 1. The maximum absolute atomic E-state index is 12.3. The number of aliphatic carboxylic acids is 1. The second-order valence-corrected chi connectivity index (χ2v) is 6.05. The number of nitrogens with one attached hydrogen (secondary N) is 1. The molecule has 1 aromatic carbocycles. The van der Waals surface area contributed by atoms with Crippen LogP contribution < -0.4 is 5.32 Å². The van der Waals surface area contributed by atoms with Crippen LogP contribution in [0.1, 0.15) is 42.5 Å². The molecule has 0 unspecified atom stereocenters. The van der Waals surface area contributed by atoms with Gasteiger partial charge in [0.1, 0.15) is 0 Å². The molecule has 0 saturated heterocycles. The van der Waals surface area contributed by atoms with E-state index in [9.17, 15) is 14.7 Å². The van der Waals surface area contributed by atoms with Crippen LogP contribution in [-0.4, -0.2) is 23.0 Å². The summed E-state index contributed by atoms with van der Waals surface area (Å²) in [6.45, 7) is 0. The van der Waals surface area contributed by atoms with Crippen LogP contribution in [0, 0.1) is 5.92 Å². The summed E-state index contributed by atoms with van der Waals surface area (Å²) in [5.41, 5.74) is 0.276. The van der Waals surface area contributed by atoms with Gasteiger partial charge in [0.2, 0.25) is 0 Å². The van der Waals surface area contributed by atoms with Crippen LogP contribution >= 0.6 is 23.2 Å². The number of carbonyl (C=O) groups excluding carboxylic acids is 1. The van der Waals surface area contributed by atoms with E-state index in [0.717, 1.165) is 19.3 Å². The number of rotatable bonds is 3. The van der Waals surface area contributed by atoms with E-state index in [0.29, 0.717) is 17.9 Å². The topological polar surface area (TPSA) is 66.4 Å². The van der Waals surface area contributed by atoms with Crippen LogP contribution in [-0.2, 0) is 4.79 Å². The molecule has 2 N–H and O–H groups in total. The van der Waals surface area contributed by atoms with Gasteiger partial charge in [0, 0.05) is 6.04 Å². The van der Waals surface area contributed by atoms with Crippen LogP contribution in [0.5, 0.6) is 0 Å². The average molecular weight is 330 g/mol. The first-order valence-corrected chi connectivity index (χ1v) is 7.74. The van der Waals surface area contributed by atoms with Crippen molar-refractivity contribution in [1.82, 2.24) is 5.32 Å². The number of carboxylic acids is 1. The van der Waals surface area contributed by atoms with Gasteiger partial charge in [-0.3, -0.25) is 9.59 Å². The van der Waals surface area contributed by atoms with Gasteiger partial charge in [0.25, 0.3) is 5.91 Å². The molecule has 4 nitrogen and oxygen atoms in total. The van der Waals surface area contributed by atoms with Gasteiger partial charge in [-0.05, 0) is 25.0 Å². The van der Waals surface area contributed by atoms with Crippen LogP contribution in [0.15, 0.2) is 18.2 Å². The number of carboxylic acid groups (broad SMARTS) is 1.